The SMILES string of the molecule is O=C1CCCCCCCCCC(=O)OCCCCCCO1. The number of carbonyl (C=O) groups excluding carboxylic acids is 2. The van der Waals surface area contributed by atoms with Crippen LogP contribution in [0.5, 0.6) is 0 Å². The standard InChI is InChI=1S/C17H30O4/c18-16-12-8-4-2-1-3-5-9-13-17(19)21-15-11-7-6-10-14-20-16/h1-15H2. The van der Waals surface area contributed by atoms with E-state index in [4.69, 9.17) is 9.47 Å². The second kappa shape index (κ2) is 12.7. The van der Waals surface area contributed by atoms with Crippen LogP contribution in [-0.4, -0.2) is 25.2 Å². The lowest BCUT2D eigenvalue weighted by Crippen LogP contribution is -2.06. The Morgan fingerprint density at radius 1 is 0.476 bits per heavy atom. The molecule has 0 bridgehead atoms. The second-order valence-corrected chi connectivity index (χ2v) is 5.83. The number of ether oxygens (including phenoxy) is 2. The van der Waals surface area contributed by atoms with Crippen LogP contribution in [-0.2, 0) is 19.1 Å². The van der Waals surface area contributed by atoms with Gasteiger partial charge in [0, 0.05) is 12.8 Å². The minimum absolute atomic E-state index is 0.0538. The Bertz CT molecular complexity index is 261. The Morgan fingerprint density at radius 2 is 0.810 bits per heavy atom. The van der Waals surface area contributed by atoms with Crippen molar-refractivity contribution in [1.82, 2.24) is 0 Å². The quantitative estimate of drug-likeness (QED) is 0.630. The maximum absolute atomic E-state index is 11.5. The van der Waals surface area contributed by atoms with Crippen molar-refractivity contribution in [3.05, 3.63) is 0 Å². The average molecular weight is 298 g/mol. The predicted molar refractivity (Wildman–Crippen MR) is 81.9 cm³/mol. The van der Waals surface area contributed by atoms with Crippen molar-refractivity contribution < 1.29 is 19.1 Å². The highest BCUT2D eigenvalue weighted by Gasteiger charge is 2.05. The molecule has 0 aromatic carbocycles. The largest absolute Gasteiger partial charge is 0.466 e. The third-order valence-electron chi connectivity index (χ3n) is 3.83. The van der Waals surface area contributed by atoms with Crippen LogP contribution in [0.2, 0.25) is 0 Å². The topological polar surface area (TPSA) is 52.6 Å². The van der Waals surface area contributed by atoms with Gasteiger partial charge >= 0.3 is 11.9 Å². The number of cyclic esters (lactones) is 2. The van der Waals surface area contributed by atoms with Crippen LogP contribution in [0, 0.1) is 0 Å². The van der Waals surface area contributed by atoms with E-state index in [1.54, 1.807) is 0 Å². The Balaban J connectivity index is 2.19. The maximum atomic E-state index is 11.5. The summed E-state index contributed by atoms with van der Waals surface area (Å²) in [4.78, 5) is 23.0. The van der Waals surface area contributed by atoms with Crippen molar-refractivity contribution in [1.29, 1.82) is 0 Å². The molecule has 0 radical (unpaired) electrons. The van der Waals surface area contributed by atoms with Crippen LogP contribution in [0.3, 0.4) is 0 Å². The van der Waals surface area contributed by atoms with Gasteiger partial charge in [-0.2, -0.15) is 0 Å². The molecule has 21 heavy (non-hydrogen) atoms. The molecule has 4 nitrogen and oxygen atoms in total. The van der Waals surface area contributed by atoms with E-state index in [0.717, 1.165) is 64.2 Å². The Hall–Kier alpha value is -1.06. The van der Waals surface area contributed by atoms with Crippen molar-refractivity contribution in [2.24, 2.45) is 0 Å². The van der Waals surface area contributed by atoms with Crippen molar-refractivity contribution in [3.63, 3.8) is 0 Å². The van der Waals surface area contributed by atoms with Crippen LogP contribution in [0.4, 0.5) is 0 Å². The molecule has 0 saturated carbocycles. The zero-order valence-corrected chi connectivity index (χ0v) is 13.2. The van der Waals surface area contributed by atoms with Gasteiger partial charge in [-0.25, -0.2) is 0 Å². The van der Waals surface area contributed by atoms with Crippen LogP contribution in [0.15, 0.2) is 0 Å². The van der Waals surface area contributed by atoms with Gasteiger partial charge in [-0.3, -0.25) is 9.59 Å². The Labute approximate surface area is 128 Å². The van der Waals surface area contributed by atoms with E-state index in [9.17, 15) is 9.59 Å². The number of carbonyl (C=O) groups is 2. The molecule has 0 aliphatic carbocycles. The third kappa shape index (κ3) is 11.3. The van der Waals surface area contributed by atoms with Gasteiger partial charge in [0.05, 0.1) is 13.2 Å². The summed E-state index contributed by atoms with van der Waals surface area (Å²) >= 11 is 0. The minimum atomic E-state index is -0.0538. The third-order valence-corrected chi connectivity index (χ3v) is 3.83. The molecule has 1 fully saturated rings. The van der Waals surface area contributed by atoms with Crippen LogP contribution >= 0.6 is 0 Å². The molecule has 0 N–H and O–H groups in total. The molecule has 0 atom stereocenters. The molecule has 0 unspecified atom stereocenters. The van der Waals surface area contributed by atoms with Gasteiger partial charge in [0.15, 0.2) is 0 Å². The lowest BCUT2D eigenvalue weighted by molar-refractivity contribution is -0.145. The van der Waals surface area contributed by atoms with Gasteiger partial charge in [-0.05, 0) is 38.5 Å². The molecule has 1 heterocycles. The summed E-state index contributed by atoms with van der Waals surface area (Å²) in [6.07, 6.45) is 12.5. The second-order valence-electron chi connectivity index (χ2n) is 5.83. The lowest BCUT2D eigenvalue weighted by atomic mass is 10.1. The first-order valence-corrected chi connectivity index (χ1v) is 8.60. The minimum Gasteiger partial charge on any atom is -0.466 e. The van der Waals surface area contributed by atoms with E-state index in [0.29, 0.717) is 26.1 Å². The molecule has 0 aromatic rings. The van der Waals surface area contributed by atoms with Gasteiger partial charge in [0.1, 0.15) is 0 Å². The molecule has 122 valence electrons. The summed E-state index contributed by atoms with van der Waals surface area (Å²) in [7, 11) is 0. The highest BCUT2D eigenvalue weighted by molar-refractivity contribution is 5.69. The zero-order valence-electron chi connectivity index (χ0n) is 13.2. The summed E-state index contributed by atoms with van der Waals surface area (Å²) in [5, 5.41) is 0. The van der Waals surface area contributed by atoms with E-state index < -0.39 is 0 Å². The fourth-order valence-electron chi connectivity index (χ4n) is 2.50. The molecule has 4 heteroatoms. The summed E-state index contributed by atoms with van der Waals surface area (Å²) < 4.78 is 10.4. The first-order chi connectivity index (χ1) is 10.3. The summed E-state index contributed by atoms with van der Waals surface area (Å²) in [5.74, 6) is -0.108. The molecule has 0 aromatic heterocycles. The monoisotopic (exact) mass is 298 g/mol. The van der Waals surface area contributed by atoms with E-state index in [1.807, 2.05) is 0 Å². The van der Waals surface area contributed by atoms with E-state index in [2.05, 4.69) is 0 Å². The zero-order chi connectivity index (χ0) is 15.2. The molecular weight excluding hydrogens is 268 g/mol. The maximum Gasteiger partial charge on any atom is 0.305 e. The van der Waals surface area contributed by atoms with Gasteiger partial charge in [0.2, 0.25) is 0 Å². The molecular formula is C17H30O4. The summed E-state index contributed by atoms with van der Waals surface area (Å²) in [6, 6.07) is 0. The normalized spacial score (nSPS) is 22.3. The molecule has 0 amide bonds. The molecule has 1 rings (SSSR count). The number of esters is 2. The lowest BCUT2D eigenvalue weighted by Gasteiger charge is -2.05. The highest BCUT2D eigenvalue weighted by atomic mass is 16.5. The number of rotatable bonds is 0. The fourth-order valence-corrected chi connectivity index (χ4v) is 2.50. The van der Waals surface area contributed by atoms with Crippen molar-refractivity contribution in [3.8, 4) is 0 Å². The summed E-state index contributed by atoms with van der Waals surface area (Å²) in [5.41, 5.74) is 0. The molecule has 1 saturated heterocycles. The Morgan fingerprint density at radius 3 is 1.24 bits per heavy atom. The van der Waals surface area contributed by atoms with Gasteiger partial charge in [0.25, 0.3) is 0 Å². The van der Waals surface area contributed by atoms with E-state index >= 15 is 0 Å². The number of hydrogen-bond acceptors (Lipinski definition) is 4. The first kappa shape index (κ1) is 18.0. The predicted octanol–water partition coefficient (Wildman–Crippen LogP) is 4.16. The van der Waals surface area contributed by atoms with Gasteiger partial charge in [-0.15, -0.1) is 0 Å². The molecule has 0 spiro atoms. The van der Waals surface area contributed by atoms with Crippen molar-refractivity contribution in [2.75, 3.05) is 13.2 Å². The van der Waals surface area contributed by atoms with Gasteiger partial charge in [-0.1, -0.05) is 32.1 Å². The highest BCUT2D eigenvalue weighted by Crippen LogP contribution is 2.11. The van der Waals surface area contributed by atoms with E-state index in [1.165, 1.54) is 6.42 Å². The van der Waals surface area contributed by atoms with Crippen LogP contribution < -0.4 is 0 Å². The van der Waals surface area contributed by atoms with Crippen molar-refractivity contribution in [2.45, 2.75) is 83.5 Å². The smallest absolute Gasteiger partial charge is 0.305 e. The molecule has 1 aliphatic rings. The van der Waals surface area contributed by atoms with Crippen LogP contribution in [0.25, 0.3) is 0 Å². The fraction of sp³-hybridized carbons (Fsp3) is 0.882. The number of hydrogen-bond donors (Lipinski definition) is 0. The Kier molecular flexibility index (Phi) is 10.8. The average Bonchev–Trinajstić information content (AvgIpc) is 2.47. The van der Waals surface area contributed by atoms with Gasteiger partial charge < -0.3 is 9.47 Å². The van der Waals surface area contributed by atoms with Crippen molar-refractivity contribution >= 4 is 11.9 Å². The first-order valence-electron chi connectivity index (χ1n) is 8.60. The van der Waals surface area contributed by atoms with E-state index in [-0.39, 0.29) is 11.9 Å². The molecule has 1 aliphatic heterocycles. The van der Waals surface area contributed by atoms with Crippen LogP contribution in [0.1, 0.15) is 83.5 Å². The summed E-state index contributed by atoms with van der Waals surface area (Å²) in [6.45, 7) is 1.05.